The van der Waals surface area contributed by atoms with Crippen LogP contribution in [0, 0.1) is 20.8 Å². The van der Waals surface area contributed by atoms with Crippen LogP contribution < -0.4 is 10.6 Å². The van der Waals surface area contributed by atoms with Crippen LogP contribution in [-0.2, 0) is 0 Å². The number of piperidine rings is 1. The number of benzene rings is 1. The highest BCUT2D eigenvalue weighted by molar-refractivity contribution is 5.64. The number of anilines is 1. The van der Waals surface area contributed by atoms with Crippen LogP contribution in [0.1, 0.15) is 29.8 Å². The van der Waals surface area contributed by atoms with Gasteiger partial charge in [0.25, 0.3) is 0 Å². The molecule has 1 fully saturated rings. The van der Waals surface area contributed by atoms with Gasteiger partial charge < -0.3 is 10.6 Å². The molecule has 4 nitrogen and oxygen atoms in total. The van der Waals surface area contributed by atoms with Crippen LogP contribution in [0.3, 0.4) is 0 Å². The van der Waals surface area contributed by atoms with Crippen LogP contribution in [0.2, 0.25) is 0 Å². The van der Waals surface area contributed by atoms with E-state index in [4.69, 9.17) is 15.7 Å². The van der Waals surface area contributed by atoms with E-state index in [-0.39, 0.29) is 0 Å². The molecule has 4 heteroatoms. The largest absolute Gasteiger partial charge is 0.368 e. The van der Waals surface area contributed by atoms with Crippen molar-refractivity contribution in [2.75, 3.05) is 18.0 Å². The summed E-state index contributed by atoms with van der Waals surface area (Å²) < 4.78 is 0. The molecule has 3 rings (SSSR count). The summed E-state index contributed by atoms with van der Waals surface area (Å²) in [6.45, 7) is 8.26. The molecule has 2 N–H and O–H groups in total. The topological polar surface area (TPSA) is 55.0 Å². The second-order valence-corrected chi connectivity index (χ2v) is 6.21. The van der Waals surface area contributed by atoms with Crippen molar-refractivity contribution < 1.29 is 0 Å². The maximum Gasteiger partial charge on any atom is 0.160 e. The van der Waals surface area contributed by atoms with Crippen LogP contribution in [0.15, 0.2) is 24.3 Å². The highest BCUT2D eigenvalue weighted by Gasteiger charge is 2.21. The second-order valence-electron chi connectivity index (χ2n) is 6.21. The second kappa shape index (κ2) is 6.05. The van der Waals surface area contributed by atoms with Gasteiger partial charge in [-0.2, -0.15) is 0 Å². The summed E-state index contributed by atoms with van der Waals surface area (Å²) in [5, 5.41) is 0. The Labute approximate surface area is 132 Å². The Balaban J connectivity index is 1.97. The molecule has 1 aromatic carbocycles. The summed E-state index contributed by atoms with van der Waals surface area (Å²) in [5.41, 5.74) is 11.6. The molecule has 0 aliphatic carbocycles. The Bertz CT molecular complexity index is 650. The molecule has 2 aromatic rings. The lowest BCUT2D eigenvalue weighted by Crippen LogP contribution is -2.40. The summed E-state index contributed by atoms with van der Waals surface area (Å²) in [4.78, 5) is 11.9. The summed E-state index contributed by atoms with van der Waals surface area (Å²) in [6, 6.07) is 8.61. The van der Waals surface area contributed by atoms with Gasteiger partial charge in [0.2, 0.25) is 0 Å². The third-order valence-corrected chi connectivity index (χ3v) is 4.47. The molecular weight excluding hydrogens is 272 g/mol. The Morgan fingerprint density at radius 1 is 1.00 bits per heavy atom. The van der Waals surface area contributed by atoms with Crippen LogP contribution in [0.5, 0.6) is 0 Å². The molecule has 1 aromatic heterocycles. The molecule has 0 bridgehead atoms. The molecule has 2 heterocycles. The van der Waals surface area contributed by atoms with Crippen molar-refractivity contribution in [1.29, 1.82) is 0 Å². The number of nitrogens with two attached hydrogens (primary N) is 1. The van der Waals surface area contributed by atoms with Crippen molar-refractivity contribution in [3.63, 3.8) is 0 Å². The number of hydrogen-bond acceptors (Lipinski definition) is 4. The fraction of sp³-hybridized carbons (Fsp3) is 0.444. The van der Waals surface area contributed by atoms with Gasteiger partial charge in [-0.25, -0.2) is 9.97 Å². The molecule has 0 unspecified atom stereocenters. The first-order valence-electron chi connectivity index (χ1n) is 7.98. The lowest BCUT2D eigenvalue weighted by atomic mass is 10.0. The molecule has 0 spiro atoms. The van der Waals surface area contributed by atoms with Gasteiger partial charge in [0, 0.05) is 24.7 Å². The number of aryl methyl sites for hydroxylation is 3. The summed E-state index contributed by atoms with van der Waals surface area (Å²) in [5.74, 6) is 0.825. The highest BCUT2D eigenvalue weighted by Crippen LogP contribution is 2.28. The average Bonchev–Trinajstić information content (AvgIpc) is 2.49. The zero-order chi connectivity index (χ0) is 15.7. The minimum atomic E-state index is 0.337. The molecule has 1 aliphatic heterocycles. The van der Waals surface area contributed by atoms with Gasteiger partial charge >= 0.3 is 0 Å². The lowest BCUT2D eigenvalue weighted by Gasteiger charge is -2.33. The van der Waals surface area contributed by atoms with Crippen molar-refractivity contribution in [1.82, 2.24) is 9.97 Å². The first kappa shape index (κ1) is 15.0. The van der Waals surface area contributed by atoms with Crippen molar-refractivity contribution in [3.8, 4) is 11.4 Å². The van der Waals surface area contributed by atoms with E-state index in [1.165, 1.54) is 11.3 Å². The van der Waals surface area contributed by atoms with E-state index in [1.54, 1.807) is 0 Å². The van der Waals surface area contributed by atoms with Gasteiger partial charge in [-0.1, -0.05) is 24.3 Å². The average molecular weight is 296 g/mol. The fourth-order valence-corrected chi connectivity index (χ4v) is 3.24. The summed E-state index contributed by atoms with van der Waals surface area (Å²) in [6.07, 6.45) is 2.08. The van der Waals surface area contributed by atoms with E-state index >= 15 is 0 Å². The Morgan fingerprint density at radius 2 is 1.59 bits per heavy atom. The third-order valence-electron chi connectivity index (χ3n) is 4.47. The van der Waals surface area contributed by atoms with E-state index in [0.29, 0.717) is 6.04 Å². The zero-order valence-electron chi connectivity index (χ0n) is 13.6. The van der Waals surface area contributed by atoms with Gasteiger partial charge in [0.15, 0.2) is 5.82 Å². The van der Waals surface area contributed by atoms with Crippen LogP contribution in [0.4, 0.5) is 5.69 Å². The van der Waals surface area contributed by atoms with E-state index in [2.05, 4.69) is 37.8 Å². The molecule has 1 aliphatic rings. The molecular formula is C18H24N4. The molecule has 0 amide bonds. The van der Waals surface area contributed by atoms with Gasteiger partial charge in [-0.3, -0.25) is 0 Å². The monoisotopic (exact) mass is 296 g/mol. The van der Waals surface area contributed by atoms with Gasteiger partial charge in [-0.15, -0.1) is 0 Å². The molecule has 1 saturated heterocycles. The van der Waals surface area contributed by atoms with Crippen molar-refractivity contribution in [2.24, 2.45) is 5.73 Å². The molecule has 0 atom stereocenters. The normalized spacial score (nSPS) is 16.1. The number of hydrogen-bond donors (Lipinski definition) is 1. The lowest BCUT2D eigenvalue weighted by molar-refractivity contribution is 0.499. The van der Waals surface area contributed by atoms with E-state index in [0.717, 1.165) is 48.7 Å². The Kier molecular flexibility index (Phi) is 4.12. The van der Waals surface area contributed by atoms with Crippen molar-refractivity contribution >= 4 is 5.69 Å². The smallest absolute Gasteiger partial charge is 0.160 e. The summed E-state index contributed by atoms with van der Waals surface area (Å²) >= 11 is 0. The predicted octanol–water partition coefficient (Wildman–Crippen LogP) is 3.00. The minimum Gasteiger partial charge on any atom is -0.368 e. The van der Waals surface area contributed by atoms with Crippen LogP contribution in [0.25, 0.3) is 11.4 Å². The van der Waals surface area contributed by atoms with Crippen molar-refractivity contribution in [3.05, 3.63) is 41.2 Å². The van der Waals surface area contributed by atoms with E-state index in [1.807, 2.05) is 12.1 Å². The molecule has 22 heavy (non-hydrogen) atoms. The van der Waals surface area contributed by atoms with E-state index in [9.17, 15) is 0 Å². The third kappa shape index (κ3) is 2.83. The Morgan fingerprint density at radius 3 is 2.18 bits per heavy atom. The van der Waals surface area contributed by atoms with Crippen LogP contribution in [-0.4, -0.2) is 29.1 Å². The quantitative estimate of drug-likeness (QED) is 0.925. The molecule has 116 valence electrons. The molecule has 0 saturated carbocycles. The minimum absolute atomic E-state index is 0.337. The Hall–Kier alpha value is -1.94. The summed E-state index contributed by atoms with van der Waals surface area (Å²) in [7, 11) is 0. The van der Waals surface area contributed by atoms with E-state index < -0.39 is 0 Å². The van der Waals surface area contributed by atoms with Crippen LogP contribution >= 0.6 is 0 Å². The highest BCUT2D eigenvalue weighted by atomic mass is 15.2. The first-order valence-corrected chi connectivity index (χ1v) is 7.98. The molecule has 0 radical (unpaired) electrons. The standard InChI is InChI=1S/C18H24N4/c1-12-6-4-5-7-16(12)18-20-13(2)17(14(3)21-18)22-10-8-15(19)9-11-22/h4-7,15H,8-11,19H2,1-3H3. The fourth-order valence-electron chi connectivity index (χ4n) is 3.24. The zero-order valence-corrected chi connectivity index (χ0v) is 13.6. The van der Waals surface area contributed by atoms with Gasteiger partial charge in [0.1, 0.15) is 0 Å². The maximum absolute atomic E-state index is 6.01. The number of rotatable bonds is 2. The van der Waals surface area contributed by atoms with Gasteiger partial charge in [-0.05, 0) is 39.2 Å². The first-order chi connectivity index (χ1) is 10.6. The predicted molar refractivity (Wildman–Crippen MR) is 91.1 cm³/mol. The maximum atomic E-state index is 6.01. The number of nitrogens with zero attached hydrogens (tertiary/aromatic N) is 3. The number of aromatic nitrogens is 2. The van der Waals surface area contributed by atoms with Gasteiger partial charge in [0.05, 0.1) is 17.1 Å². The van der Waals surface area contributed by atoms with Crippen molar-refractivity contribution in [2.45, 2.75) is 39.7 Å². The SMILES string of the molecule is Cc1ccccc1-c1nc(C)c(N2CCC(N)CC2)c(C)n1.